The monoisotopic (exact) mass is 365 g/mol. The first-order valence-corrected chi connectivity index (χ1v) is 8.63. The van der Waals surface area contributed by atoms with Crippen molar-refractivity contribution >= 4 is 11.3 Å². The quantitative estimate of drug-likeness (QED) is 0.687. The lowest BCUT2D eigenvalue weighted by Gasteiger charge is -2.37. The summed E-state index contributed by atoms with van der Waals surface area (Å²) in [4.78, 5) is 7.44. The highest BCUT2D eigenvalue weighted by atomic mass is 32.1. The molecule has 1 fully saturated rings. The summed E-state index contributed by atoms with van der Waals surface area (Å²) in [6, 6.07) is 9.31. The maximum atomic E-state index is 12.8. The minimum Gasteiger partial charge on any atom is -0.339 e. The van der Waals surface area contributed by atoms with Crippen molar-refractivity contribution < 1.29 is 17.7 Å². The van der Waals surface area contributed by atoms with Crippen molar-refractivity contribution in [2.75, 3.05) is 13.1 Å². The zero-order chi connectivity index (χ0) is 17.4. The molecule has 0 unspecified atom stereocenters. The van der Waals surface area contributed by atoms with Gasteiger partial charge in [-0.05, 0) is 23.1 Å². The van der Waals surface area contributed by atoms with Gasteiger partial charge in [-0.15, -0.1) is 11.3 Å². The Kier molecular flexibility index (Phi) is 4.09. The average molecular weight is 365 g/mol. The van der Waals surface area contributed by atoms with Gasteiger partial charge in [-0.25, -0.2) is 0 Å². The van der Waals surface area contributed by atoms with E-state index in [4.69, 9.17) is 4.52 Å². The van der Waals surface area contributed by atoms with Crippen LogP contribution in [-0.2, 0) is 12.7 Å². The third-order valence-corrected chi connectivity index (χ3v) is 5.02. The van der Waals surface area contributed by atoms with Crippen LogP contribution in [0.2, 0.25) is 0 Å². The minimum absolute atomic E-state index is 0.131. The summed E-state index contributed by atoms with van der Waals surface area (Å²) in [5.41, 5.74) is 0.0395. The molecular formula is C17H14F3N3OS. The molecule has 0 radical (unpaired) electrons. The predicted octanol–water partition coefficient (Wildman–Crippen LogP) is 4.42. The molecule has 1 aliphatic rings. The highest BCUT2D eigenvalue weighted by molar-refractivity contribution is 7.13. The Morgan fingerprint density at radius 2 is 2.04 bits per heavy atom. The molecule has 0 amide bonds. The van der Waals surface area contributed by atoms with Crippen LogP contribution in [0.1, 0.15) is 22.9 Å². The van der Waals surface area contributed by atoms with Gasteiger partial charge in [-0.1, -0.05) is 29.4 Å². The molecule has 1 aromatic carbocycles. The third-order valence-electron chi connectivity index (χ3n) is 4.15. The van der Waals surface area contributed by atoms with Gasteiger partial charge in [-0.2, -0.15) is 18.2 Å². The second-order valence-corrected chi connectivity index (χ2v) is 6.97. The summed E-state index contributed by atoms with van der Waals surface area (Å²) < 4.78 is 43.6. The lowest BCUT2D eigenvalue weighted by molar-refractivity contribution is -0.137. The number of hydrogen-bond donors (Lipinski definition) is 0. The van der Waals surface area contributed by atoms with Crippen molar-refractivity contribution in [3.8, 4) is 10.7 Å². The first-order valence-electron chi connectivity index (χ1n) is 7.75. The van der Waals surface area contributed by atoms with Crippen molar-refractivity contribution in [3.63, 3.8) is 0 Å². The average Bonchev–Trinajstić information content (AvgIpc) is 3.21. The molecule has 4 nitrogen and oxygen atoms in total. The van der Waals surface area contributed by atoms with E-state index in [9.17, 15) is 13.2 Å². The Labute approximate surface area is 145 Å². The van der Waals surface area contributed by atoms with Crippen LogP contribution in [0.25, 0.3) is 10.7 Å². The normalized spacial score (nSPS) is 16.1. The summed E-state index contributed by atoms with van der Waals surface area (Å²) in [7, 11) is 0. The van der Waals surface area contributed by atoms with Crippen molar-refractivity contribution in [1.29, 1.82) is 0 Å². The fourth-order valence-electron chi connectivity index (χ4n) is 2.87. The lowest BCUT2D eigenvalue weighted by Crippen LogP contribution is -2.44. The molecule has 0 saturated carbocycles. The summed E-state index contributed by atoms with van der Waals surface area (Å²) in [6.07, 6.45) is -4.31. The largest absolute Gasteiger partial charge is 0.416 e. The van der Waals surface area contributed by atoms with E-state index in [1.807, 2.05) is 17.5 Å². The van der Waals surface area contributed by atoms with E-state index in [2.05, 4.69) is 15.0 Å². The smallest absolute Gasteiger partial charge is 0.339 e. The fourth-order valence-corrected chi connectivity index (χ4v) is 3.52. The highest BCUT2D eigenvalue weighted by Gasteiger charge is 2.34. The zero-order valence-electron chi connectivity index (χ0n) is 13.0. The van der Waals surface area contributed by atoms with Crippen molar-refractivity contribution in [1.82, 2.24) is 15.0 Å². The molecule has 0 aliphatic carbocycles. The number of rotatable bonds is 4. The van der Waals surface area contributed by atoms with E-state index in [1.165, 1.54) is 12.1 Å². The number of halogens is 3. The van der Waals surface area contributed by atoms with Crippen molar-refractivity contribution in [3.05, 3.63) is 58.8 Å². The molecule has 1 saturated heterocycles. The van der Waals surface area contributed by atoms with Gasteiger partial charge in [0.2, 0.25) is 11.7 Å². The van der Waals surface area contributed by atoms with Crippen LogP contribution in [0.3, 0.4) is 0 Å². The van der Waals surface area contributed by atoms with Crippen LogP contribution in [0, 0.1) is 0 Å². The molecule has 0 spiro atoms. The molecule has 4 rings (SSSR count). The molecule has 130 valence electrons. The number of nitrogens with zero attached hydrogens (tertiary/aromatic N) is 3. The molecule has 1 aliphatic heterocycles. The SMILES string of the molecule is FC(F)(F)c1cccc(CN2CC(c3nc(-c4cccs4)no3)C2)c1. The van der Waals surface area contributed by atoms with Crippen LogP contribution in [0.4, 0.5) is 13.2 Å². The number of alkyl halides is 3. The van der Waals surface area contributed by atoms with Crippen molar-refractivity contribution in [2.45, 2.75) is 18.6 Å². The maximum absolute atomic E-state index is 12.8. The number of hydrogen-bond acceptors (Lipinski definition) is 5. The second-order valence-electron chi connectivity index (χ2n) is 6.02. The summed E-state index contributed by atoms with van der Waals surface area (Å²) in [5.74, 6) is 1.30. The number of benzene rings is 1. The molecule has 3 heterocycles. The number of likely N-dealkylation sites (tertiary alicyclic amines) is 1. The van der Waals surface area contributed by atoms with Crippen molar-refractivity contribution in [2.24, 2.45) is 0 Å². The Bertz CT molecular complexity index is 854. The van der Waals surface area contributed by atoms with Gasteiger partial charge in [0.25, 0.3) is 0 Å². The Morgan fingerprint density at radius 1 is 1.20 bits per heavy atom. The molecule has 0 N–H and O–H groups in total. The Morgan fingerprint density at radius 3 is 2.76 bits per heavy atom. The summed E-state index contributed by atoms with van der Waals surface area (Å²) >= 11 is 1.54. The van der Waals surface area contributed by atoms with E-state index in [0.717, 1.165) is 10.9 Å². The topological polar surface area (TPSA) is 42.2 Å². The van der Waals surface area contributed by atoms with Gasteiger partial charge in [0.1, 0.15) is 0 Å². The van der Waals surface area contributed by atoms with E-state index >= 15 is 0 Å². The van der Waals surface area contributed by atoms with Crippen LogP contribution in [0.15, 0.2) is 46.3 Å². The van der Waals surface area contributed by atoms with Gasteiger partial charge in [0, 0.05) is 19.6 Å². The van der Waals surface area contributed by atoms with E-state index in [-0.39, 0.29) is 5.92 Å². The van der Waals surface area contributed by atoms with Gasteiger partial charge in [-0.3, -0.25) is 4.90 Å². The molecule has 0 bridgehead atoms. The summed E-state index contributed by atoms with van der Waals surface area (Å²) in [5, 5.41) is 5.94. The first kappa shape index (κ1) is 16.3. The van der Waals surface area contributed by atoms with Gasteiger partial charge in [0.15, 0.2) is 0 Å². The molecule has 0 atom stereocenters. The maximum Gasteiger partial charge on any atom is 0.416 e. The van der Waals surface area contributed by atoms with E-state index in [1.54, 1.807) is 17.4 Å². The van der Waals surface area contributed by atoms with Gasteiger partial charge < -0.3 is 4.52 Å². The zero-order valence-corrected chi connectivity index (χ0v) is 13.8. The fraction of sp³-hybridized carbons (Fsp3) is 0.294. The van der Waals surface area contributed by atoms with E-state index < -0.39 is 11.7 Å². The van der Waals surface area contributed by atoms with Crippen LogP contribution < -0.4 is 0 Å². The number of aromatic nitrogens is 2. The van der Waals surface area contributed by atoms with E-state index in [0.29, 0.717) is 36.9 Å². The second kappa shape index (κ2) is 6.27. The van der Waals surface area contributed by atoms with Crippen LogP contribution >= 0.6 is 11.3 Å². The molecule has 8 heteroatoms. The molecule has 3 aromatic rings. The molecular weight excluding hydrogens is 351 g/mol. The minimum atomic E-state index is -4.31. The van der Waals surface area contributed by atoms with Crippen LogP contribution in [-0.4, -0.2) is 28.1 Å². The lowest BCUT2D eigenvalue weighted by atomic mass is 9.99. The third kappa shape index (κ3) is 3.45. The Hall–Kier alpha value is -2.19. The number of thiophene rings is 1. The Balaban J connectivity index is 1.37. The van der Waals surface area contributed by atoms with Gasteiger partial charge >= 0.3 is 6.18 Å². The van der Waals surface area contributed by atoms with Crippen LogP contribution in [0.5, 0.6) is 0 Å². The molecule has 25 heavy (non-hydrogen) atoms. The van der Waals surface area contributed by atoms with Gasteiger partial charge in [0.05, 0.1) is 16.4 Å². The first-order chi connectivity index (χ1) is 12.0. The summed E-state index contributed by atoms with van der Waals surface area (Å²) in [6.45, 7) is 1.87. The standard InChI is InChI=1S/C17H14F3N3OS/c18-17(19,20)13-4-1-3-11(7-13)8-23-9-12(10-23)16-21-15(22-24-16)14-5-2-6-25-14/h1-7,12H,8-10H2. The molecule has 2 aromatic heterocycles. The predicted molar refractivity (Wildman–Crippen MR) is 87.1 cm³/mol. The highest BCUT2D eigenvalue weighted by Crippen LogP contribution is 2.32.